The number of ether oxygens (including phenoxy) is 9. The van der Waals surface area contributed by atoms with Crippen molar-refractivity contribution in [3.63, 3.8) is 0 Å². The summed E-state index contributed by atoms with van der Waals surface area (Å²) >= 11 is 0. The van der Waals surface area contributed by atoms with E-state index < -0.39 is 49.2 Å². The Hall–Kier alpha value is -5.04. The second-order valence-electron chi connectivity index (χ2n) is 15.3. The van der Waals surface area contributed by atoms with E-state index in [2.05, 4.69) is 0 Å². The fourth-order valence-corrected chi connectivity index (χ4v) is 7.56. The molecule has 0 spiro atoms. The van der Waals surface area contributed by atoms with E-state index in [1.165, 1.54) is 0 Å². The Bertz CT molecular complexity index is 1940. The van der Waals surface area contributed by atoms with Crippen molar-refractivity contribution in [1.82, 2.24) is 0 Å². The lowest BCUT2D eigenvalue weighted by atomic mass is 10.1. The van der Waals surface area contributed by atoms with E-state index >= 15 is 0 Å². The molecule has 0 amide bonds. The Morgan fingerprint density at radius 3 is 0.820 bits per heavy atom. The molecule has 6 aromatic rings. The maximum Gasteiger partial charge on any atom is 0.190 e. The van der Waals surface area contributed by atoms with E-state index in [-0.39, 0.29) is 13.2 Å². The van der Waals surface area contributed by atoms with Crippen LogP contribution in [0, 0.1) is 0 Å². The minimum absolute atomic E-state index is 0.248. The second-order valence-corrected chi connectivity index (χ2v) is 15.3. The van der Waals surface area contributed by atoms with E-state index in [0.29, 0.717) is 39.6 Å². The highest BCUT2D eigenvalue weighted by Crippen LogP contribution is 2.36. The lowest BCUT2D eigenvalue weighted by molar-refractivity contribution is -0.280. The van der Waals surface area contributed by atoms with Crippen molar-refractivity contribution in [1.29, 1.82) is 0 Å². The van der Waals surface area contributed by atoms with Gasteiger partial charge in [0.25, 0.3) is 0 Å². The van der Waals surface area contributed by atoms with Crippen LogP contribution in [0.5, 0.6) is 0 Å². The number of hydrogen-bond donors (Lipinski definition) is 0. The van der Waals surface area contributed by atoms with Gasteiger partial charge in [0, 0.05) is 0 Å². The molecule has 2 heterocycles. The van der Waals surface area contributed by atoms with Gasteiger partial charge in [0.05, 0.1) is 52.9 Å². The second kappa shape index (κ2) is 22.7. The summed E-state index contributed by atoms with van der Waals surface area (Å²) in [5.74, 6) is 0. The molecule has 0 saturated carbocycles. The third-order valence-corrected chi connectivity index (χ3v) is 10.7. The average molecular weight is 823 g/mol. The van der Waals surface area contributed by atoms with Gasteiger partial charge < -0.3 is 42.6 Å². The Labute approximate surface area is 359 Å². The van der Waals surface area contributed by atoms with E-state index in [1.807, 2.05) is 182 Å². The molecule has 6 aromatic carbocycles. The average Bonchev–Trinajstić information content (AvgIpc) is 3.82. The lowest BCUT2D eigenvalue weighted by Crippen LogP contribution is -2.43. The molecule has 0 aromatic heterocycles. The van der Waals surface area contributed by atoms with Gasteiger partial charge in [-0.25, -0.2) is 0 Å². The Balaban J connectivity index is 1.07. The van der Waals surface area contributed by atoms with Crippen LogP contribution < -0.4 is 0 Å². The molecule has 2 fully saturated rings. The topological polar surface area (TPSA) is 83.1 Å². The van der Waals surface area contributed by atoms with Gasteiger partial charge in [0.2, 0.25) is 0 Å². The molecule has 8 rings (SSSR count). The van der Waals surface area contributed by atoms with Gasteiger partial charge in [-0.05, 0) is 33.4 Å². The van der Waals surface area contributed by atoms with Crippen molar-refractivity contribution in [2.75, 3.05) is 13.2 Å². The van der Waals surface area contributed by atoms with Gasteiger partial charge in [-0.2, -0.15) is 0 Å². The fourth-order valence-electron chi connectivity index (χ4n) is 7.56. The molecule has 0 radical (unpaired) electrons. The van der Waals surface area contributed by atoms with Gasteiger partial charge in [-0.1, -0.05) is 182 Å². The molecule has 316 valence electrons. The van der Waals surface area contributed by atoms with Crippen LogP contribution in [0.15, 0.2) is 182 Å². The highest BCUT2D eigenvalue weighted by molar-refractivity contribution is 5.18. The molecule has 2 aliphatic rings. The van der Waals surface area contributed by atoms with Crippen molar-refractivity contribution >= 4 is 0 Å². The van der Waals surface area contributed by atoms with Crippen LogP contribution >= 0.6 is 0 Å². The zero-order valence-corrected chi connectivity index (χ0v) is 34.3. The zero-order chi connectivity index (χ0) is 41.3. The minimum atomic E-state index is -0.915. The van der Waals surface area contributed by atoms with Crippen LogP contribution in [0.3, 0.4) is 0 Å². The monoisotopic (exact) mass is 822 g/mol. The Kier molecular flexibility index (Phi) is 15.9. The number of rotatable bonds is 22. The van der Waals surface area contributed by atoms with Gasteiger partial charge in [-0.15, -0.1) is 0 Å². The molecular weight excluding hydrogens is 769 g/mol. The van der Waals surface area contributed by atoms with E-state index in [9.17, 15) is 0 Å². The zero-order valence-electron chi connectivity index (χ0n) is 34.3. The predicted octanol–water partition coefficient (Wildman–Crippen LogP) is 9.23. The van der Waals surface area contributed by atoms with Gasteiger partial charge in [0.1, 0.15) is 36.6 Å². The summed E-state index contributed by atoms with van der Waals surface area (Å²) in [6.45, 7) is 2.65. The Morgan fingerprint density at radius 2 is 0.541 bits per heavy atom. The first-order chi connectivity index (χ1) is 30.2. The van der Waals surface area contributed by atoms with Crippen molar-refractivity contribution in [3.8, 4) is 0 Å². The third-order valence-electron chi connectivity index (χ3n) is 10.7. The van der Waals surface area contributed by atoms with E-state index in [0.717, 1.165) is 33.4 Å². The molecule has 8 atom stereocenters. The molecule has 61 heavy (non-hydrogen) atoms. The van der Waals surface area contributed by atoms with Crippen LogP contribution in [0.4, 0.5) is 0 Å². The third kappa shape index (κ3) is 12.5. The van der Waals surface area contributed by atoms with Crippen molar-refractivity contribution in [2.45, 2.75) is 88.8 Å². The SMILES string of the molecule is c1ccc(COC[C@H]2O[C@H](O[C@H]3O[C@H](COCc4ccccc4)[C@@H](OCc4ccccc4)[C@H]3OCc3ccccc3)[C@H](OCc3ccccc3)[C@@H]2OCc2ccccc2)cc1. The summed E-state index contributed by atoms with van der Waals surface area (Å²) in [5, 5.41) is 0. The normalized spacial score (nSPS) is 23.6. The lowest BCUT2D eigenvalue weighted by Gasteiger charge is -2.28. The van der Waals surface area contributed by atoms with Crippen molar-refractivity contribution < 1.29 is 42.6 Å². The first kappa shape index (κ1) is 42.6. The van der Waals surface area contributed by atoms with Crippen LogP contribution in [0.2, 0.25) is 0 Å². The van der Waals surface area contributed by atoms with Crippen molar-refractivity contribution in [2.24, 2.45) is 0 Å². The van der Waals surface area contributed by atoms with Gasteiger partial charge in [0.15, 0.2) is 12.6 Å². The van der Waals surface area contributed by atoms with Crippen LogP contribution in [-0.4, -0.2) is 62.4 Å². The molecule has 9 nitrogen and oxygen atoms in total. The minimum Gasteiger partial charge on any atom is -0.374 e. The number of benzene rings is 6. The first-order valence-electron chi connectivity index (χ1n) is 21.1. The maximum absolute atomic E-state index is 6.96. The smallest absolute Gasteiger partial charge is 0.190 e. The molecular formula is C52H54O9. The molecule has 0 aliphatic carbocycles. The van der Waals surface area contributed by atoms with Crippen LogP contribution in [0.1, 0.15) is 33.4 Å². The van der Waals surface area contributed by atoms with Crippen LogP contribution in [0.25, 0.3) is 0 Å². The summed E-state index contributed by atoms with van der Waals surface area (Å²) in [6, 6.07) is 60.4. The standard InChI is InChI=1S/C52H54O9/c1-7-19-39(20-8-1)31-53-37-45-47(55-33-41-23-11-3-12-24-41)49(57-35-43-27-15-5-16-28-43)51(59-45)61-52-50(58-36-44-29-17-6-18-30-44)48(56-34-42-25-13-4-14-26-42)46(60-52)38-54-32-40-21-9-2-10-22-40/h1-30,45-52H,31-38H2/t45-,46-,47-,48-,49-,50-,51-,52-/m1/s1. The summed E-state index contributed by atoms with van der Waals surface area (Å²) in [6.07, 6.45) is -5.32. The Morgan fingerprint density at radius 1 is 0.295 bits per heavy atom. The summed E-state index contributed by atoms with van der Waals surface area (Å²) < 4.78 is 60.2. The quantitative estimate of drug-likeness (QED) is 0.0666. The van der Waals surface area contributed by atoms with Gasteiger partial charge >= 0.3 is 0 Å². The van der Waals surface area contributed by atoms with E-state index in [1.54, 1.807) is 0 Å². The maximum atomic E-state index is 6.96. The summed E-state index contributed by atoms with van der Waals surface area (Å²) in [5.41, 5.74) is 6.21. The molecule has 0 N–H and O–H groups in total. The van der Waals surface area contributed by atoms with Crippen molar-refractivity contribution in [3.05, 3.63) is 215 Å². The predicted molar refractivity (Wildman–Crippen MR) is 231 cm³/mol. The highest BCUT2D eigenvalue weighted by atomic mass is 16.8. The summed E-state index contributed by atoms with van der Waals surface area (Å²) in [4.78, 5) is 0. The molecule has 0 unspecified atom stereocenters. The fraction of sp³-hybridized carbons (Fsp3) is 0.308. The van der Waals surface area contributed by atoms with Crippen LogP contribution in [-0.2, 0) is 82.3 Å². The molecule has 2 aliphatic heterocycles. The molecule has 9 heteroatoms. The highest BCUT2D eigenvalue weighted by Gasteiger charge is 2.53. The number of hydrogen-bond acceptors (Lipinski definition) is 9. The van der Waals surface area contributed by atoms with E-state index in [4.69, 9.17) is 42.6 Å². The molecule has 0 bridgehead atoms. The first-order valence-corrected chi connectivity index (χ1v) is 21.1. The largest absolute Gasteiger partial charge is 0.374 e. The summed E-state index contributed by atoms with van der Waals surface area (Å²) in [7, 11) is 0. The molecule has 2 saturated heterocycles. The van der Waals surface area contributed by atoms with Gasteiger partial charge in [-0.3, -0.25) is 0 Å².